The Bertz CT molecular complexity index is 538. The number of hydrogen-bond donors (Lipinski definition) is 2. The normalized spacial score (nSPS) is 18.9. The number of rotatable bonds is 4. The topological polar surface area (TPSA) is 83.6 Å². The van der Waals surface area contributed by atoms with Crippen LogP contribution >= 0.6 is 23.4 Å². The van der Waals surface area contributed by atoms with Crippen molar-refractivity contribution in [3.05, 3.63) is 28.8 Å². The number of hydrogen-bond acceptors (Lipinski definition) is 4. The number of carbonyl (C=O) groups is 2. The predicted molar refractivity (Wildman–Crippen MR) is 80.7 cm³/mol. The molecule has 1 amide bonds. The van der Waals surface area contributed by atoms with E-state index in [9.17, 15) is 9.59 Å². The molecule has 0 aliphatic carbocycles. The highest BCUT2D eigenvalue weighted by atomic mass is 35.5. The van der Waals surface area contributed by atoms with Gasteiger partial charge in [-0.3, -0.25) is 9.59 Å². The average molecular weight is 315 g/mol. The van der Waals surface area contributed by atoms with E-state index in [0.29, 0.717) is 23.0 Å². The molecule has 1 heterocycles. The number of amides is 1. The number of benzene rings is 1. The van der Waals surface area contributed by atoms with E-state index in [1.165, 1.54) is 0 Å². The van der Waals surface area contributed by atoms with Gasteiger partial charge in [0.05, 0.1) is 22.7 Å². The third-order valence-corrected chi connectivity index (χ3v) is 4.59. The summed E-state index contributed by atoms with van der Waals surface area (Å²) in [6.45, 7) is 0.670. The lowest BCUT2D eigenvalue weighted by atomic mass is 10.1. The maximum absolute atomic E-state index is 11.6. The van der Waals surface area contributed by atoms with Crippen LogP contribution in [0, 0.1) is 0 Å². The van der Waals surface area contributed by atoms with Gasteiger partial charge in [0.25, 0.3) is 5.91 Å². The smallest absolute Gasteiger partial charge is 0.305 e. The second kappa shape index (κ2) is 6.37. The fraction of sp³-hybridized carbons (Fsp3) is 0.385. The second-order valence-electron chi connectivity index (χ2n) is 4.52. The van der Waals surface area contributed by atoms with Gasteiger partial charge in [-0.15, -0.1) is 0 Å². The summed E-state index contributed by atoms with van der Waals surface area (Å²) < 4.78 is 0. The highest BCUT2D eigenvalue weighted by molar-refractivity contribution is 7.99. The van der Waals surface area contributed by atoms with Gasteiger partial charge in [0.15, 0.2) is 0 Å². The standard InChI is InChI=1S/C13H15ClN2O3S/c14-9-2-1-3-10(12(9)13(15)19)16-4-5-20-7-8(16)6-11(17)18/h1-3,8H,4-7H2,(H2,15,19)(H,17,18). The van der Waals surface area contributed by atoms with Gasteiger partial charge in [-0.25, -0.2) is 0 Å². The first-order valence-corrected chi connectivity index (χ1v) is 7.68. The lowest BCUT2D eigenvalue weighted by Crippen LogP contribution is -2.44. The van der Waals surface area contributed by atoms with Gasteiger partial charge in [0.2, 0.25) is 0 Å². The molecule has 1 atom stereocenters. The zero-order valence-electron chi connectivity index (χ0n) is 10.7. The van der Waals surface area contributed by atoms with E-state index in [-0.39, 0.29) is 18.0 Å². The number of thioether (sulfide) groups is 1. The average Bonchev–Trinajstić information content (AvgIpc) is 2.38. The number of carboxylic acids is 1. The summed E-state index contributed by atoms with van der Waals surface area (Å²) in [6.07, 6.45) is 0.0255. The summed E-state index contributed by atoms with van der Waals surface area (Å²) >= 11 is 7.76. The van der Waals surface area contributed by atoms with Gasteiger partial charge in [0, 0.05) is 24.1 Å². The summed E-state index contributed by atoms with van der Waals surface area (Å²) in [4.78, 5) is 24.5. The van der Waals surface area contributed by atoms with E-state index in [2.05, 4.69) is 0 Å². The highest BCUT2D eigenvalue weighted by Gasteiger charge is 2.28. The lowest BCUT2D eigenvalue weighted by Gasteiger charge is -2.37. The zero-order valence-corrected chi connectivity index (χ0v) is 12.3. The molecule has 0 aromatic heterocycles. The van der Waals surface area contributed by atoms with Gasteiger partial charge in [-0.05, 0) is 12.1 Å². The van der Waals surface area contributed by atoms with Crippen molar-refractivity contribution in [2.24, 2.45) is 5.73 Å². The monoisotopic (exact) mass is 314 g/mol. The van der Waals surface area contributed by atoms with E-state index >= 15 is 0 Å². The van der Waals surface area contributed by atoms with Crippen molar-refractivity contribution in [2.45, 2.75) is 12.5 Å². The molecule has 1 unspecified atom stereocenters. The molecule has 0 radical (unpaired) electrons. The summed E-state index contributed by atoms with van der Waals surface area (Å²) in [6, 6.07) is 4.94. The number of halogens is 1. The molecule has 0 saturated carbocycles. The van der Waals surface area contributed by atoms with Crippen molar-refractivity contribution in [1.29, 1.82) is 0 Å². The molecule has 1 saturated heterocycles. The number of aliphatic carboxylic acids is 1. The fourth-order valence-corrected chi connectivity index (χ4v) is 3.66. The van der Waals surface area contributed by atoms with E-state index in [1.807, 2.05) is 4.90 Å². The summed E-state index contributed by atoms with van der Waals surface area (Å²) in [5.74, 6) is 0.126. The quantitative estimate of drug-likeness (QED) is 0.886. The van der Waals surface area contributed by atoms with Crippen molar-refractivity contribution in [3.63, 3.8) is 0 Å². The van der Waals surface area contributed by atoms with Gasteiger partial charge >= 0.3 is 5.97 Å². The molecule has 0 spiro atoms. The number of primary amides is 1. The minimum Gasteiger partial charge on any atom is -0.481 e. The summed E-state index contributed by atoms with van der Waals surface area (Å²) in [7, 11) is 0. The molecule has 7 heteroatoms. The Morgan fingerprint density at radius 1 is 1.50 bits per heavy atom. The maximum atomic E-state index is 11.6. The molecule has 2 rings (SSSR count). The van der Waals surface area contributed by atoms with Crippen LogP contribution in [0.2, 0.25) is 5.02 Å². The molecule has 1 aliphatic rings. The Balaban J connectivity index is 2.39. The van der Waals surface area contributed by atoms with Crippen LogP contribution in [0.15, 0.2) is 18.2 Å². The number of anilines is 1. The summed E-state index contributed by atoms with van der Waals surface area (Å²) in [5.41, 5.74) is 6.28. The molecule has 5 nitrogen and oxygen atoms in total. The van der Waals surface area contributed by atoms with Gasteiger partial charge in [0.1, 0.15) is 0 Å². The van der Waals surface area contributed by atoms with Gasteiger partial charge < -0.3 is 15.7 Å². The van der Waals surface area contributed by atoms with E-state index < -0.39 is 11.9 Å². The molecule has 108 valence electrons. The van der Waals surface area contributed by atoms with Crippen molar-refractivity contribution >= 4 is 40.9 Å². The third kappa shape index (κ3) is 3.19. The third-order valence-electron chi connectivity index (χ3n) is 3.19. The molecule has 3 N–H and O–H groups in total. The van der Waals surface area contributed by atoms with Crippen molar-refractivity contribution in [1.82, 2.24) is 0 Å². The Hall–Kier alpha value is -1.40. The van der Waals surface area contributed by atoms with Gasteiger partial charge in [-0.1, -0.05) is 17.7 Å². The Morgan fingerprint density at radius 2 is 2.25 bits per heavy atom. The second-order valence-corrected chi connectivity index (χ2v) is 6.08. The number of carboxylic acid groups (broad SMARTS) is 1. The van der Waals surface area contributed by atoms with Crippen LogP contribution in [-0.4, -0.2) is 41.1 Å². The molecule has 1 aromatic rings. The first-order chi connectivity index (χ1) is 9.50. The molecule has 1 aliphatic heterocycles. The molecule has 1 aromatic carbocycles. The van der Waals surface area contributed by atoms with Crippen LogP contribution in [0.3, 0.4) is 0 Å². The summed E-state index contributed by atoms with van der Waals surface area (Å²) in [5, 5.41) is 9.30. The minimum atomic E-state index is -0.856. The predicted octanol–water partition coefficient (Wildman–Crippen LogP) is 1.84. The molecular formula is C13H15ClN2O3S. The molecule has 0 bridgehead atoms. The molecular weight excluding hydrogens is 300 g/mol. The fourth-order valence-electron chi connectivity index (χ4n) is 2.34. The lowest BCUT2D eigenvalue weighted by molar-refractivity contribution is -0.137. The Kier molecular flexibility index (Phi) is 4.77. The van der Waals surface area contributed by atoms with Crippen molar-refractivity contribution in [2.75, 3.05) is 23.0 Å². The van der Waals surface area contributed by atoms with Crippen LogP contribution in [-0.2, 0) is 4.79 Å². The Labute approximate surface area is 126 Å². The zero-order chi connectivity index (χ0) is 14.7. The number of nitrogens with zero attached hydrogens (tertiary/aromatic N) is 1. The van der Waals surface area contributed by atoms with Crippen LogP contribution in [0.1, 0.15) is 16.8 Å². The Morgan fingerprint density at radius 3 is 2.90 bits per heavy atom. The maximum Gasteiger partial charge on any atom is 0.305 e. The number of nitrogens with two attached hydrogens (primary N) is 1. The van der Waals surface area contributed by atoms with Crippen molar-refractivity contribution < 1.29 is 14.7 Å². The van der Waals surface area contributed by atoms with Crippen LogP contribution in [0.25, 0.3) is 0 Å². The molecule has 1 fully saturated rings. The minimum absolute atomic E-state index is 0.0255. The SMILES string of the molecule is NC(=O)c1c(Cl)cccc1N1CCSCC1CC(=O)O. The first kappa shape index (κ1) is 15.0. The highest BCUT2D eigenvalue weighted by Crippen LogP contribution is 2.32. The van der Waals surface area contributed by atoms with E-state index in [4.69, 9.17) is 22.4 Å². The molecule has 20 heavy (non-hydrogen) atoms. The van der Waals surface area contributed by atoms with Crippen LogP contribution in [0.5, 0.6) is 0 Å². The van der Waals surface area contributed by atoms with Crippen LogP contribution in [0.4, 0.5) is 5.69 Å². The van der Waals surface area contributed by atoms with E-state index in [1.54, 1.807) is 30.0 Å². The van der Waals surface area contributed by atoms with Gasteiger partial charge in [-0.2, -0.15) is 11.8 Å². The van der Waals surface area contributed by atoms with Crippen molar-refractivity contribution in [3.8, 4) is 0 Å². The number of carbonyl (C=O) groups excluding carboxylic acids is 1. The first-order valence-electron chi connectivity index (χ1n) is 6.15. The van der Waals surface area contributed by atoms with Crippen LogP contribution < -0.4 is 10.6 Å². The largest absolute Gasteiger partial charge is 0.481 e. The van der Waals surface area contributed by atoms with E-state index in [0.717, 1.165) is 5.75 Å².